The molecule has 2 rings (SSSR count). The van der Waals surface area contributed by atoms with E-state index in [1.54, 1.807) is 25.2 Å². The number of hydrogen-bond donors (Lipinski definition) is 1. The Morgan fingerprint density at radius 1 is 1.20 bits per heavy atom. The van der Waals surface area contributed by atoms with Crippen LogP contribution in [-0.4, -0.2) is 31.3 Å². The lowest BCUT2D eigenvalue weighted by molar-refractivity contribution is 0.459. The highest BCUT2D eigenvalue weighted by Gasteiger charge is 2.20. The normalized spacial score (nSPS) is 12.2. The predicted octanol–water partition coefficient (Wildman–Crippen LogP) is 1.95. The molecule has 0 unspecified atom stereocenters. The van der Waals surface area contributed by atoms with E-state index in [0.29, 0.717) is 17.4 Å². The number of nitrogens with one attached hydrogen (secondary N) is 1. The Morgan fingerprint density at radius 2 is 1.95 bits per heavy atom. The molecule has 0 spiro atoms. The van der Waals surface area contributed by atoms with Crippen molar-refractivity contribution in [1.29, 1.82) is 0 Å². The summed E-state index contributed by atoms with van der Waals surface area (Å²) < 4.78 is 26.2. The molecule has 6 heteroatoms. The van der Waals surface area contributed by atoms with Crippen molar-refractivity contribution in [3.63, 3.8) is 0 Å². The molecule has 20 heavy (non-hydrogen) atoms. The number of fused-ring (bicyclic) bond motifs is 1. The van der Waals surface area contributed by atoms with Gasteiger partial charge in [-0.25, -0.2) is 12.7 Å². The van der Waals surface area contributed by atoms with E-state index in [2.05, 4.69) is 4.98 Å². The molecule has 108 valence electrons. The van der Waals surface area contributed by atoms with Gasteiger partial charge in [-0.15, -0.1) is 0 Å². The lowest BCUT2D eigenvalue weighted by Gasteiger charge is -2.17. The zero-order valence-electron chi connectivity index (χ0n) is 11.6. The number of aromatic amines is 1. The topological polar surface area (TPSA) is 70.2 Å². The van der Waals surface area contributed by atoms with Gasteiger partial charge in [0.25, 0.3) is 0 Å². The van der Waals surface area contributed by atoms with E-state index < -0.39 is 10.0 Å². The third-order valence-corrected chi connectivity index (χ3v) is 5.08. The minimum atomic E-state index is -3.47. The van der Waals surface area contributed by atoms with Crippen molar-refractivity contribution in [2.75, 3.05) is 13.6 Å². The van der Waals surface area contributed by atoms with E-state index in [-0.39, 0.29) is 10.5 Å². The first-order valence-corrected chi connectivity index (χ1v) is 7.98. The van der Waals surface area contributed by atoms with Crippen molar-refractivity contribution in [3.8, 4) is 0 Å². The molecule has 1 aromatic carbocycles. The number of rotatable bonds is 5. The maximum absolute atomic E-state index is 12.4. The third kappa shape index (κ3) is 2.91. The molecule has 1 N–H and O–H groups in total. The molecular formula is C14H18N2O3S. The van der Waals surface area contributed by atoms with E-state index in [9.17, 15) is 13.2 Å². The third-order valence-electron chi connectivity index (χ3n) is 3.23. The summed E-state index contributed by atoms with van der Waals surface area (Å²) in [6.07, 6.45) is 1.77. The fourth-order valence-corrected chi connectivity index (χ4v) is 3.22. The molecule has 0 aliphatic carbocycles. The van der Waals surface area contributed by atoms with E-state index in [4.69, 9.17) is 0 Å². The highest BCUT2D eigenvalue weighted by molar-refractivity contribution is 7.89. The Kier molecular flexibility index (Phi) is 4.25. The molecule has 0 saturated heterocycles. The first-order valence-electron chi connectivity index (χ1n) is 6.54. The molecule has 0 amide bonds. The fraction of sp³-hybridized carbons (Fsp3) is 0.357. The maximum atomic E-state index is 12.4. The number of sulfonamides is 1. The largest absolute Gasteiger partial charge is 0.322 e. The smallest absolute Gasteiger partial charge is 0.248 e. The Labute approximate surface area is 118 Å². The molecule has 0 fully saturated rings. The molecule has 0 aliphatic rings. The number of benzene rings is 1. The van der Waals surface area contributed by atoms with Gasteiger partial charge in [0.1, 0.15) is 0 Å². The monoisotopic (exact) mass is 294 g/mol. The average molecular weight is 294 g/mol. The zero-order valence-corrected chi connectivity index (χ0v) is 12.4. The molecule has 0 radical (unpaired) electrons. The number of hydrogen-bond acceptors (Lipinski definition) is 3. The number of pyridine rings is 1. The summed E-state index contributed by atoms with van der Waals surface area (Å²) in [5, 5.41) is 0.703. The zero-order chi connectivity index (χ0) is 14.8. The quantitative estimate of drug-likeness (QED) is 0.916. The number of unbranched alkanes of at least 4 members (excludes halogenated alkanes) is 1. The van der Waals surface area contributed by atoms with Crippen LogP contribution in [0.5, 0.6) is 0 Å². The van der Waals surface area contributed by atoms with Gasteiger partial charge in [0.15, 0.2) is 0 Å². The van der Waals surface area contributed by atoms with Crippen LogP contribution in [-0.2, 0) is 10.0 Å². The van der Waals surface area contributed by atoms with Crippen LogP contribution in [0.1, 0.15) is 19.8 Å². The first kappa shape index (κ1) is 14.7. The van der Waals surface area contributed by atoms with Crippen LogP contribution >= 0.6 is 0 Å². The number of aromatic nitrogens is 1. The van der Waals surface area contributed by atoms with E-state index >= 15 is 0 Å². The van der Waals surface area contributed by atoms with Crippen molar-refractivity contribution in [3.05, 3.63) is 40.7 Å². The van der Waals surface area contributed by atoms with E-state index in [1.165, 1.54) is 16.4 Å². The molecular weight excluding hydrogens is 276 g/mol. The van der Waals surface area contributed by atoms with Gasteiger partial charge in [0.2, 0.25) is 15.6 Å². The van der Waals surface area contributed by atoms with E-state index in [1.807, 2.05) is 6.92 Å². The van der Waals surface area contributed by atoms with Gasteiger partial charge in [0, 0.05) is 25.2 Å². The highest BCUT2D eigenvalue weighted by Crippen LogP contribution is 2.19. The Morgan fingerprint density at radius 3 is 2.65 bits per heavy atom. The summed E-state index contributed by atoms with van der Waals surface area (Å²) in [5.74, 6) is 0. The van der Waals surface area contributed by atoms with Crippen LogP contribution in [0.15, 0.2) is 40.0 Å². The van der Waals surface area contributed by atoms with Gasteiger partial charge >= 0.3 is 0 Å². The number of H-pyrrole nitrogens is 1. The predicted molar refractivity (Wildman–Crippen MR) is 79.3 cm³/mol. The van der Waals surface area contributed by atoms with Gasteiger partial charge in [-0.05, 0) is 36.1 Å². The molecule has 0 bridgehead atoms. The van der Waals surface area contributed by atoms with E-state index in [0.717, 1.165) is 12.8 Å². The van der Waals surface area contributed by atoms with Crippen LogP contribution in [0.4, 0.5) is 0 Å². The van der Waals surface area contributed by atoms with Crippen LogP contribution in [0.25, 0.3) is 10.9 Å². The van der Waals surface area contributed by atoms with Crippen LogP contribution < -0.4 is 5.56 Å². The first-order chi connectivity index (χ1) is 9.45. The molecule has 1 aromatic heterocycles. The summed E-state index contributed by atoms with van der Waals surface area (Å²) >= 11 is 0. The summed E-state index contributed by atoms with van der Waals surface area (Å²) in [6, 6.07) is 7.75. The second-order valence-corrected chi connectivity index (χ2v) is 6.80. The molecule has 0 saturated carbocycles. The molecule has 1 heterocycles. The van der Waals surface area contributed by atoms with Gasteiger partial charge in [-0.2, -0.15) is 0 Å². The summed E-state index contributed by atoms with van der Waals surface area (Å²) in [4.78, 5) is 14.1. The lowest BCUT2D eigenvalue weighted by Crippen LogP contribution is -2.27. The van der Waals surface area contributed by atoms with Gasteiger partial charge in [0.05, 0.1) is 4.90 Å². The number of nitrogens with zero attached hydrogens (tertiary/aromatic N) is 1. The van der Waals surface area contributed by atoms with Crippen molar-refractivity contribution < 1.29 is 8.42 Å². The van der Waals surface area contributed by atoms with Gasteiger partial charge in [-0.1, -0.05) is 13.3 Å². The summed E-state index contributed by atoms with van der Waals surface area (Å²) in [5.41, 5.74) is 0.431. The highest BCUT2D eigenvalue weighted by atomic mass is 32.2. The van der Waals surface area contributed by atoms with Crippen molar-refractivity contribution >= 4 is 20.9 Å². The Hall–Kier alpha value is -1.66. The Balaban J connectivity index is 2.42. The molecule has 0 aliphatic heterocycles. The summed E-state index contributed by atoms with van der Waals surface area (Å²) in [7, 11) is -1.89. The van der Waals surface area contributed by atoms with Crippen LogP contribution in [0.3, 0.4) is 0 Å². The second kappa shape index (κ2) is 5.76. The van der Waals surface area contributed by atoms with Crippen molar-refractivity contribution in [2.45, 2.75) is 24.7 Å². The van der Waals surface area contributed by atoms with Crippen molar-refractivity contribution in [1.82, 2.24) is 9.29 Å². The minimum Gasteiger partial charge on any atom is -0.322 e. The van der Waals surface area contributed by atoms with Crippen LogP contribution in [0, 0.1) is 0 Å². The SMILES string of the molecule is CCCCN(C)S(=O)(=O)c1ccc2[nH]c(=O)ccc2c1. The summed E-state index contributed by atoms with van der Waals surface area (Å²) in [6.45, 7) is 2.52. The molecule has 2 aromatic rings. The lowest BCUT2D eigenvalue weighted by atomic mass is 10.2. The minimum absolute atomic E-state index is 0.201. The standard InChI is InChI=1S/C14H18N2O3S/c1-3-4-9-16(2)20(18,19)12-6-7-13-11(10-12)5-8-14(17)15-13/h5-8,10H,3-4,9H2,1-2H3,(H,15,17). The molecule has 0 atom stereocenters. The van der Waals surface area contributed by atoms with Gasteiger partial charge < -0.3 is 4.98 Å². The van der Waals surface area contributed by atoms with Crippen LogP contribution in [0.2, 0.25) is 0 Å². The maximum Gasteiger partial charge on any atom is 0.248 e. The fourth-order valence-electron chi connectivity index (χ4n) is 1.97. The van der Waals surface area contributed by atoms with Gasteiger partial charge in [-0.3, -0.25) is 4.79 Å². The average Bonchev–Trinajstić information content (AvgIpc) is 2.43. The van der Waals surface area contributed by atoms with Crippen molar-refractivity contribution in [2.24, 2.45) is 0 Å². The second-order valence-electron chi connectivity index (χ2n) is 4.75. The molecule has 5 nitrogen and oxygen atoms in total. The Bertz CT molecular complexity index is 765.